The van der Waals surface area contributed by atoms with E-state index in [1.807, 2.05) is 13.0 Å². The number of nitrogens with zero attached hydrogens (tertiary/aromatic N) is 2. The van der Waals surface area contributed by atoms with Gasteiger partial charge in [0, 0.05) is 26.4 Å². The zero-order valence-corrected chi connectivity index (χ0v) is 10.2. The van der Waals surface area contributed by atoms with E-state index >= 15 is 0 Å². The van der Waals surface area contributed by atoms with Crippen LogP contribution in [0.3, 0.4) is 0 Å². The summed E-state index contributed by atoms with van der Waals surface area (Å²) < 4.78 is 4.96. The van der Waals surface area contributed by atoms with Crippen molar-refractivity contribution < 1.29 is 4.74 Å². The fourth-order valence-corrected chi connectivity index (χ4v) is 1.32. The molecule has 0 spiro atoms. The molecule has 0 saturated carbocycles. The van der Waals surface area contributed by atoms with Gasteiger partial charge in [-0.1, -0.05) is 5.57 Å². The van der Waals surface area contributed by atoms with Crippen LogP contribution in [0.4, 0.5) is 0 Å². The Morgan fingerprint density at radius 3 is 3.06 bits per heavy atom. The second kappa shape index (κ2) is 7.09. The first-order valence-corrected chi connectivity index (χ1v) is 5.39. The van der Waals surface area contributed by atoms with E-state index in [1.54, 1.807) is 13.3 Å². The smallest absolute Gasteiger partial charge is 0.125 e. The number of rotatable bonds is 6. The first-order valence-electron chi connectivity index (χ1n) is 5.39. The molecule has 0 aliphatic heterocycles. The zero-order valence-electron chi connectivity index (χ0n) is 10.2. The highest BCUT2D eigenvalue weighted by Crippen LogP contribution is 2.02. The molecule has 0 fully saturated rings. The largest absolute Gasteiger partial charge is 0.383 e. The first-order chi connectivity index (χ1) is 7.72. The Kier molecular flexibility index (Phi) is 5.67. The molecule has 0 aromatic carbocycles. The van der Waals surface area contributed by atoms with E-state index in [2.05, 4.69) is 28.3 Å². The topological polar surface area (TPSA) is 47.0 Å². The summed E-state index contributed by atoms with van der Waals surface area (Å²) in [5.74, 6) is 0.800. The lowest BCUT2D eigenvalue weighted by molar-refractivity contribution is 0.200. The van der Waals surface area contributed by atoms with Crippen molar-refractivity contribution in [2.75, 3.05) is 26.8 Å². The van der Waals surface area contributed by atoms with Crippen LogP contribution in [0.15, 0.2) is 17.8 Å². The fraction of sp³-hybridized carbons (Fsp3) is 0.500. The summed E-state index contributed by atoms with van der Waals surface area (Å²) in [7, 11) is 1.70. The van der Waals surface area contributed by atoms with Gasteiger partial charge in [0.25, 0.3) is 0 Å². The van der Waals surface area contributed by atoms with Crippen molar-refractivity contribution >= 4 is 6.08 Å². The van der Waals surface area contributed by atoms with Crippen LogP contribution in [-0.2, 0) is 4.74 Å². The van der Waals surface area contributed by atoms with Gasteiger partial charge in [0.05, 0.1) is 12.3 Å². The number of aromatic nitrogens is 2. The lowest BCUT2D eigenvalue weighted by atomic mass is 10.2. The molecule has 0 aliphatic carbocycles. The third-order valence-electron chi connectivity index (χ3n) is 2.08. The van der Waals surface area contributed by atoms with Gasteiger partial charge in [-0.2, -0.15) is 0 Å². The lowest BCUT2D eigenvalue weighted by Gasteiger charge is -2.04. The highest BCUT2D eigenvalue weighted by atomic mass is 16.5. The summed E-state index contributed by atoms with van der Waals surface area (Å²) in [5.41, 5.74) is 2.20. The molecule has 0 saturated heterocycles. The van der Waals surface area contributed by atoms with Crippen molar-refractivity contribution in [3.8, 4) is 0 Å². The molecular weight excluding hydrogens is 202 g/mol. The zero-order chi connectivity index (χ0) is 11.8. The molecule has 4 heteroatoms. The number of ether oxygens (including phenoxy) is 1. The summed E-state index contributed by atoms with van der Waals surface area (Å²) in [6, 6.07) is 1.91. The van der Waals surface area contributed by atoms with Gasteiger partial charge in [-0.25, -0.2) is 9.97 Å². The van der Waals surface area contributed by atoms with Gasteiger partial charge >= 0.3 is 0 Å². The van der Waals surface area contributed by atoms with Crippen LogP contribution in [0.5, 0.6) is 0 Å². The molecule has 0 radical (unpaired) electrons. The molecule has 1 N–H and O–H groups in total. The SMILES string of the molecule is COCCNC/C(C)=C/c1ccnc(C)n1. The van der Waals surface area contributed by atoms with E-state index in [9.17, 15) is 0 Å². The third-order valence-corrected chi connectivity index (χ3v) is 2.08. The summed E-state index contributed by atoms with van der Waals surface area (Å²) in [4.78, 5) is 8.38. The summed E-state index contributed by atoms with van der Waals surface area (Å²) in [6.45, 7) is 6.43. The van der Waals surface area contributed by atoms with Crippen LogP contribution in [-0.4, -0.2) is 36.8 Å². The average molecular weight is 221 g/mol. The normalized spacial score (nSPS) is 11.8. The van der Waals surface area contributed by atoms with E-state index in [0.29, 0.717) is 0 Å². The van der Waals surface area contributed by atoms with E-state index in [4.69, 9.17) is 4.74 Å². The number of hydrogen-bond acceptors (Lipinski definition) is 4. The molecule has 1 aromatic rings. The molecule has 0 bridgehead atoms. The second-order valence-electron chi connectivity index (χ2n) is 3.69. The number of methoxy groups -OCH3 is 1. The maximum Gasteiger partial charge on any atom is 0.125 e. The Morgan fingerprint density at radius 2 is 2.38 bits per heavy atom. The van der Waals surface area contributed by atoms with Gasteiger partial charge in [-0.15, -0.1) is 0 Å². The molecule has 88 valence electrons. The summed E-state index contributed by atoms with van der Waals surface area (Å²) in [5, 5.41) is 3.28. The van der Waals surface area contributed by atoms with E-state index in [-0.39, 0.29) is 0 Å². The van der Waals surface area contributed by atoms with Crippen molar-refractivity contribution in [1.82, 2.24) is 15.3 Å². The maximum absolute atomic E-state index is 4.96. The summed E-state index contributed by atoms with van der Waals surface area (Å²) in [6.07, 6.45) is 3.84. The number of hydrogen-bond donors (Lipinski definition) is 1. The fourth-order valence-electron chi connectivity index (χ4n) is 1.32. The van der Waals surface area contributed by atoms with Crippen LogP contribution in [0.25, 0.3) is 6.08 Å². The van der Waals surface area contributed by atoms with Crippen LogP contribution >= 0.6 is 0 Å². The van der Waals surface area contributed by atoms with E-state index in [1.165, 1.54) is 5.57 Å². The van der Waals surface area contributed by atoms with Crippen LogP contribution in [0.2, 0.25) is 0 Å². The predicted octanol–water partition coefficient (Wildman–Crippen LogP) is 1.42. The molecule has 4 nitrogen and oxygen atoms in total. The predicted molar refractivity (Wildman–Crippen MR) is 65.2 cm³/mol. The average Bonchev–Trinajstić information content (AvgIpc) is 2.24. The van der Waals surface area contributed by atoms with Gasteiger partial charge < -0.3 is 10.1 Å². The molecule has 0 amide bonds. The minimum atomic E-state index is 0.736. The molecular formula is C12H19N3O. The van der Waals surface area contributed by atoms with Gasteiger partial charge in [0.2, 0.25) is 0 Å². The quantitative estimate of drug-likeness (QED) is 0.738. The Balaban J connectivity index is 2.43. The number of aryl methyl sites for hydroxylation is 1. The van der Waals surface area contributed by atoms with Crippen molar-refractivity contribution in [3.05, 3.63) is 29.4 Å². The van der Waals surface area contributed by atoms with Crippen LogP contribution in [0, 0.1) is 6.92 Å². The molecule has 0 aliphatic rings. The highest BCUT2D eigenvalue weighted by molar-refractivity contribution is 5.48. The van der Waals surface area contributed by atoms with Crippen molar-refractivity contribution in [3.63, 3.8) is 0 Å². The van der Waals surface area contributed by atoms with Crippen LogP contribution in [0.1, 0.15) is 18.4 Å². The molecule has 1 rings (SSSR count). The van der Waals surface area contributed by atoms with Gasteiger partial charge in [-0.05, 0) is 26.0 Å². The number of nitrogens with one attached hydrogen (secondary N) is 1. The van der Waals surface area contributed by atoms with Crippen molar-refractivity contribution in [2.45, 2.75) is 13.8 Å². The molecule has 1 aromatic heterocycles. The lowest BCUT2D eigenvalue weighted by Crippen LogP contribution is -2.20. The van der Waals surface area contributed by atoms with Crippen molar-refractivity contribution in [1.29, 1.82) is 0 Å². The molecule has 0 unspecified atom stereocenters. The third kappa shape index (κ3) is 5.00. The maximum atomic E-state index is 4.96. The molecule has 1 heterocycles. The minimum absolute atomic E-state index is 0.736. The van der Waals surface area contributed by atoms with Gasteiger partial charge in [0.15, 0.2) is 0 Å². The Morgan fingerprint density at radius 1 is 1.56 bits per heavy atom. The van der Waals surface area contributed by atoms with Gasteiger partial charge in [-0.3, -0.25) is 0 Å². The molecule has 0 atom stereocenters. The Hall–Kier alpha value is -1.26. The monoisotopic (exact) mass is 221 g/mol. The van der Waals surface area contributed by atoms with Crippen LogP contribution < -0.4 is 5.32 Å². The standard InChI is InChI=1S/C12H19N3O/c1-10(9-13-6-7-16-3)8-12-4-5-14-11(2)15-12/h4-5,8,13H,6-7,9H2,1-3H3/b10-8+. The van der Waals surface area contributed by atoms with Crippen molar-refractivity contribution in [2.24, 2.45) is 0 Å². The highest BCUT2D eigenvalue weighted by Gasteiger charge is 1.94. The summed E-state index contributed by atoms with van der Waals surface area (Å²) >= 11 is 0. The molecule has 16 heavy (non-hydrogen) atoms. The minimum Gasteiger partial charge on any atom is -0.383 e. The van der Waals surface area contributed by atoms with Gasteiger partial charge in [0.1, 0.15) is 5.82 Å². The first kappa shape index (κ1) is 12.8. The second-order valence-corrected chi connectivity index (χ2v) is 3.69. The Bertz CT molecular complexity index is 350. The van der Waals surface area contributed by atoms with E-state index < -0.39 is 0 Å². The van der Waals surface area contributed by atoms with E-state index in [0.717, 1.165) is 31.2 Å². The Labute approximate surface area is 96.8 Å².